The van der Waals surface area contributed by atoms with Gasteiger partial charge in [-0.05, 0) is 24.3 Å². The Morgan fingerprint density at radius 3 is 2.61 bits per heavy atom. The zero-order valence-electron chi connectivity index (χ0n) is 12.5. The van der Waals surface area contributed by atoms with Gasteiger partial charge in [0.25, 0.3) is 5.56 Å². The third-order valence-corrected chi connectivity index (χ3v) is 3.58. The molecule has 6 heteroatoms. The number of aromatic nitrogens is 2. The molecule has 0 saturated carbocycles. The summed E-state index contributed by atoms with van der Waals surface area (Å²) in [5.74, 6) is -0.145. The Labute approximate surface area is 132 Å². The van der Waals surface area contributed by atoms with Gasteiger partial charge in [0.1, 0.15) is 5.82 Å². The van der Waals surface area contributed by atoms with Crippen molar-refractivity contribution in [3.63, 3.8) is 0 Å². The third kappa shape index (κ3) is 2.49. The van der Waals surface area contributed by atoms with E-state index in [9.17, 15) is 9.59 Å². The number of carbonyl (C=O) groups excluding carboxylic acids is 1. The van der Waals surface area contributed by atoms with Crippen LogP contribution >= 0.6 is 0 Å². The first-order valence-corrected chi connectivity index (χ1v) is 7.06. The maximum absolute atomic E-state index is 12.9. The lowest BCUT2D eigenvalue weighted by Crippen LogP contribution is -2.27. The SMILES string of the molecule is COC(=O)c1ccccc1-n1c(CN)nc2ccccc2c1=O. The molecule has 0 unspecified atom stereocenters. The van der Waals surface area contributed by atoms with Gasteiger partial charge in [-0.3, -0.25) is 9.36 Å². The van der Waals surface area contributed by atoms with Crippen molar-refractivity contribution in [2.24, 2.45) is 5.73 Å². The van der Waals surface area contributed by atoms with Crippen LogP contribution in [0.15, 0.2) is 53.3 Å². The van der Waals surface area contributed by atoms with Gasteiger partial charge in [0, 0.05) is 0 Å². The van der Waals surface area contributed by atoms with E-state index in [1.54, 1.807) is 42.5 Å². The Hall–Kier alpha value is -2.99. The van der Waals surface area contributed by atoms with Crippen LogP contribution in [0.1, 0.15) is 16.2 Å². The van der Waals surface area contributed by atoms with Gasteiger partial charge in [0.15, 0.2) is 0 Å². The second-order valence-electron chi connectivity index (χ2n) is 4.90. The minimum Gasteiger partial charge on any atom is -0.465 e. The topological polar surface area (TPSA) is 87.2 Å². The number of carbonyl (C=O) groups is 1. The average molecular weight is 309 g/mol. The highest BCUT2D eigenvalue weighted by molar-refractivity contribution is 5.93. The smallest absolute Gasteiger partial charge is 0.339 e. The van der Waals surface area contributed by atoms with Crippen LogP contribution in [-0.4, -0.2) is 22.6 Å². The van der Waals surface area contributed by atoms with E-state index in [-0.39, 0.29) is 17.7 Å². The second kappa shape index (κ2) is 6.02. The zero-order valence-corrected chi connectivity index (χ0v) is 12.5. The van der Waals surface area contributed by atoms with Crippen molar-refractivity contribution in [1.29, 1.82) is 0 Å². The van der Waals surface area contributed by atoms with E-state index in [1.807, 2.05) is 6.07 Å². The number of para-hydroxylation sites is 2. The number of hydrogen-bond donors (Lipinski definition) is 1. The minimum absolute atomic E-state index is 0.0651. The van der Waals surface area contributed by atoms with E-state index in [0.29, 0.717) is 22.4 Å². The fourth-order valence-electron chi connectivity index (χ4n) is 2.52. The first-order chi connectivity index (χ1) is 11.2. The summed E-state index contributed by atoms with van der Waals surface area (Å²) >= 11 is 0. The third-order valence-electron chi connectivity index (χ3n) is 3.58. The van der Waals surface area contributed by atoms with Gasteiger partial charge < -0.3 is 10.5 Å². The van der Waals surface area contributed by atoms with Crippen molar-refractivity contribution in [3.8, 4) is 5.69 Å². The molecule has 0 aliphatic rings. The maximum atomic E-state index is 12.9. The number of nitrogens with two attached hydrogens (primary N) is 1. The molecule has 0 spiro atoms. The molecule has 3 rings (SSSR count). The van der Waals surface area contributed by atoms with E-state index in [0.717, 1.165) is 0 Å². The molecule has 0 fully saturated rings. The Bertz CT molecular complexity index is 947. The lowest BCUT2D eigenvalue weighted by atomic mass is 10.1. The summed E-state index contributed by atoms with van der Waals surface area (Å²) in [6, 6.07) is 13.7. The number of benzene rings is 2. The van der Waals surface area contributed by atoms with Crippen LogP contribution in [0.2, 0.25) is 0 Å². The monoisotopic (exact) mass is 309 g/mol. The molecule has 1 heterocycles. The molecule has 0 aliphatic heterocycles. The Balaban J connectivity index is 2.39. The van der Waals surface area contributed by atoms with Crippen LogP contribution in [0.3, 0.4) is 0 Å². The molecule has 0 aliphatic carbocycles. The molecule has 0 amide bonds. The Kier molecular flexibility index (Phi) is 3.91. The molecule has 2 N–H and O–H groups in total. The number of hydrogen-bond acceptors (Lipinski definition) is 5. The van der Waals surface area contributed by atoms with Gasteiger partial charge in [-0.2, -0.15) is 0 Å². The zero-order chi connectivity index (χ0) is 16.4. The molecule has 23 heavy (non-hydrogen) atoms. The summed E-state index contributed by atoms with van der Waals surface area (Å²) in [7, 11) is 1.30. The van der Waals surface area contributed by atoms with Crippen LogP contribution in [0.5, 0.6) is 0 Å². The molecular weight excluding hydrogens is 294 g/mol. The highest BCUT2D eigenvalue weighted by atomic mass is 16.5. The highest BCUT2D eigenvalue weighted by Gasteiger charge is 2.18. The summed E-state index contributed by atoms with van der Waals surface area (Å²) in [5, 5.41) is 0.462. The summed E-state index contributed by atoms with van der Waals surface area (Å²) in [4.78, 5) is 29.3. The number of esters is 1. The van der Waals surface area contributed by atoms with Crippen molar-refractivity contribution < 1.29 is 9.53 Å². The van der Waals surface area contributed by atoms with E-state index < -0.39 is 5.97 Å². The Morgan fingerprint density at radius 1 is 1.17 bits per heavy atom. The molecule has 0 atom stereocenters. The molecule has 3 aromatic rings. The lowest BCUT2D eigenvalue weighted by Gasteiger charge is -2.15. The van der Waals surface area contributed by atoms with Crippen LogP contribution < -0.4 is 11.3 Å². The summed E-state index contributed by atoms with van der Waals surface area (Å²) in [5.41, 5.74) is 6.76. The highest BCUT2D eigenvalue weighted by Crippen LogP contribution is 2.17. The van der Waals surface area contributed by atoms with Crippen molar-refractivity contribution in [2.75, 3.05) is 7.11 Å². The van der Waals surface area contributed by atoms with Gasteiger partial charge in [-0.25, -0.2) is 9.78 Å². The molecule has 1 aromatic heterocycles. The number of fused-ring (bicyclic) bond motifs is 1. The van der Waals surface area contributed by atoms with Crippen molar-refractivity contribution in [2.45, 2.75) is 6.54 Å². The van der Waals surface area contributed by atoms with Crippen LogP contribution in [-0.2, 0) is 11.3 Å². The first-order valence-electron chi connectivity index (χ1n) is 7.06. The maximum Gasteiger partial charge on any atom is 0.339 e. The lowest BCUT2D eigenvalue weighted by molar-refractivity contribution is 0.0600. The Morgan fingerprint density at radius 2 is 1.87 bits per heavy atom. The minimum atomic E-state index is -0.524. The standard InChI is InChI=1S/C17H15N3O3/c1-23-17(22)12-7-3-5-9-14(12)20-15(10-18)19-13-8-4-2-6-11(13)16(20)21/h2-9H,10,18H2,1H3. The van der Waals surface area contributed by atoms with Crippen LogP contribution in [0.4, 0.5) is 0 Å². The predicted octanol–water partition coefficient (Wildman–Crippen LogP) is 1.63. The first kappa shape index (κ1) is 14.9. The molecule has 0 radical (unpaired) electrons. The van der Waals surface area contributed by atoms with E-state index in [1.165, 1.54) is 11.7 Å². The molecular formula is C17H15N3O3. The van der Waals surface area contributed by atoms with E-state index in [4.69, 9.17) is 10.5 Å². The fourth-order valence-corrected chi connectivity index (χ4v) is 2.52. The van der Waals surface area contributed by atoms with Crippen molar-refractivity contribution >= 4 is 16.9 Å². The molecule has 0 saturated heterocycles. The van der Waals surface area contributed by atoms with Gasteiger partial charge in [0.05, 0.1) is 35.8 Å². The van der Waals surface area contributed by atoms with Crippen molar-refractivity contribution in [1.82, 2.24) is 9.55 Å². The van der Waals surface area contributed by atoms with Crippen LogP contribution in [0, 0.1) is 0 Å². The summed E-state index contributed by atoms with van der Waals surface area (Å²) in [6.45, 7) is 0.0651. The molecule has 0 bridgehead atoms. The van der Waals surface area contributed by atoms with Gasteiger partial charge >= 0.3 is 5.97 Å². The van der Waals surface area contributed by atoms with Crippen molar-refractivity contribution in [3.05, 3.63) is 70.3 Å². The van der Waals surface area contributed by atoms with Crippen LogP contribution in [0.25, 0.3) is 16.6 Å². The summed E-state index contributed by atoms with van der Waals surface area (Å²) in [6.07, 6.45) is 0. The average Bonchev–Trinajstić information content (AvgIpc) is 2.61. The second-order valence-corrected chi connectivity index (χ2v) is 4.90. The number of rotatable bonds is 3. The number of nitrogens with zero attached hydrogens (tertiary/aromatic N) is 2. The van der Waals surface area contributed by atoms with E-state index >= 15 is 0 Å². The van der Waals surface area contributed by atoms with Gasteiger partial charge in [-0.1, -0.05) is 24.3 Å². The van der Waals surface area contributed by atoms with Gasteiger partial charge in [-0.15, -0.1) is 0 Å². The van der Waals surface area contributed by atoms with E-state index in [2.05, 4.69) is 4.98 Å². The predicted molar refractivity (Wildman–Crippen MR) is 86.6 cm³/mol. The largest absolute Gasteiger partial charge is 0.465 e. The van der Waals surface area contributed by atoms with Gasteiger partial charge in [0.2, 0.25) is 0 Å². The quantitative estimate of drug-likeness (QED) is 0.743. The molecule has 2 aromatic carbocycles. The fraction of sp³-hybridized carbons (Fsp3) is 0.118. The number of methoxy groups -OCH3 is 1. The number of ether oxygens (including phenoxy) is 1. The molecule has 116 valence electrons. The molecule has 6 nitrogen and oxygen atoms in total. The normalized spacial score (nSPS) is 10.7. The summed E-state index contributed by atoms with van der Waals surface area (Å²) < 4.78 is 6.16.